The normalized spacial score (nSPS) is 16.7. The van der Waals surface area contributed by atoms with Crippen LogP contribution in [-0.2, 0) is 11.3 Å². The molecule has 1 amide bonds. The number of carbonyl (C=O) groups excluding carboxylic acids is 1. The molecule has 1 aliphatic rings. The summed E-state index contributed by atoms with van der Waals surface area (Å²) in [5.41, 5.74) is 3.09. The quantitative estimate of drug-likeness (QED) is 0.750. The van der Waals surface area contributed by atoms with Gasteiger partial charge in [0.05, 0.1) is 5.92 Å². The Balaban J connectivity index is 0.00000132. The lowest BCUT2D eigenvalue weighted by Gasteiger charge is -2.14. The van der Waals surface area contributed by atoms with Crippen LogP contribution < -0.4 is 16.2 Å². The van der Waals surface area contributed by atoms with Crippen LogP contribution in [0.4, 0.5) is 0 Å². The largest absolute Gasteiger partial charge is 0.352 e. The Bertz CT molecular complexity index is 749. The summed E-state index contributed by atoms with van der Waals surface area (Å²) in [4.78, 5) is 27.9. The van der Waals surface area contributed by atoms with Crippen molar-refractivity contribution in [1.82, 2.24) is 25.2 Å². The molecule has 23 heavy (non-hydrogen) atoms. The highest BCUT2D eigenvalue weighted by Gasteiger charge is 2.22. The van der Waals surface area contributed by atoms with Crippen molar-refractivity contribution in [2.45, 2.75) is 26.8 Å². The number of amides is 1. The first-order chi connectivity index (χ1) is 10.1. The monoisotopic (exact) mass is 361 g/mol. The van der Waals surface area contributed by atoms with Crippen LogP contribution in [0.3, 0.4) is 0 Å². The number of aromatic amines is 1. The van der Waals surface area contributed by atoms with Gasteiger partial charge >= 0.3 is 0 Å². The van der Waals surface area contributed by atoms with Crippen LogP contribution in [0.1, 0.15) is 23.4 Å². The highest BCUT2D eigenvalue weighted by atomic mass is 35.5. The van der Waals surface area contributed by atoms with E-state index in [9.17, 15) is 9.59 Å². The molecule has 3 N–H and O–H groups in total. The number of carbonyl (C=O) groups is 1. The topological polar surface area (TPSA) is 91.3 Å². The summed E-state index contributed by atoms with van der Waals surface area (Å²) in [5, 5.41) is 8.87. The first-order valence-electron chi connectivity index (χ1n) is 7.12. The molecule has 1 saturated heterocycles. The zero-order valence-electron chi connectivity index (χ0n) is 13.0. The molecule has 0 saturated carbocycles. The molecule has 1 fully saturated rings. The third-order valence-corrected chi connectivity index (χ3v) is 4.07. The minimum absolute atomic E-state index is 0. The Morgan fingerprint density at radius 3 is 2.83 bits per heavy atom. The molecule has 3 rings (SSSR count). The van der Waals surface area contributed by atoms with Gasteiger partial charge in [-0.05, 0) is 26.8 Å². The molecule has 128 valence electrons. The molecule has 2 aromatic rings. The van der Waals surface area contributed by atoms with Gasteiger partial charge < -0.3 is 10.6 Å². The van der Waals surface area contributed by atoms with E-state index in [2.05, 4.69) is 20.7 Å². The highest BCUT2D eigenvalue weighted by Crippen LogP contribution is 2.14. The van der Waals surface area contributed by atoms with Gasteiger partial charge in [-0.2, -0.15) is 0 Å². The Morgan fingerprint density at radius 1 is 1.43 bits per heavy atom. The molecule has 1 aliphatic heterocycles. The Labute approximate surface area is 146 Å². The average molecular weight is 362 g/mol. The van der Waals surface area contributed by atoms with Crippen LogP contribution in [0, 0.1) is 19.8 Å². The standard InChI is InChI=1S/C14H19N5O2.2ClH/c1-8-11(7-16-14(21)10-3-4-15-6-10)9(2)19-12(17-8)5-13(20)18-19;;/h5,10,15H,3-4,6-7H2,1-2H3,(H,16,21)(H,18,20);2*1H. The van der Waals surface area contributed by atoms with Crippen molar-refractivity contribution >= 4 is 36.4 Å². The molecular weight excluding hydrogens is 341 g/mol. The van der Waals surface area contributed by atoms with Crippen molar-refractivity contribution in [2.24, 2.45) is 5.92 Å². The summed E-state index contributed by atoms with van der Waals surface area (Å²) in [5.74, 6) is 0.119. The fourth-order valence-corrected chi connectivity index (χ4v) is 2.81. The molecule has 3 heterocycles. The fourth-order valence-electron chi connectivity index (χ4n) is 2.81. The highest BCUT2D eigenvalue weighted by molar-refractivity contribution is 5.85. The number of nitrogens with one attached hydrogen (secondary N) is 3. The van der Waals surface area contributed by atoms with Gasteiger partial charge in [-0.15, -0.1) is 24.8 Å². The maximum atomic E-state index is 12.1. The number of fused-ring (bicyclic) bond motifs is 1. The van der Waals surface area contributed by atoms with Gasteiger partial charge in [0.25, 0.3) is 5.56 Å². The van der Waals surface area contributed by atoms with Gasteiger partial charge in [0.1, 0.15) is 0 Å². The number of aromatic nitrogens is 3. The molecule has 7 nitrogen and oxygen atoms in total. The van der Waals surface area contributed by atoms with Crippen LogP contribution in [0.5, 0.6) is 0 Å². The van der Waals surface area contributed by atoms with Crippen LogP contribution in [0.15, 0.2) is 10.9 Å². The van der Waals surface area contributed by atoms with E-state index >= 15 is 0 Å². The molecule has 2 aromatic heterocycles. The van der Waals surface area contributed by atoms with Crippen LogP contribution in [0.2, 0.25) is 0 Å². The van der Waals surface area contributed by atoms with Gasteiger partial charge in [-0.25, -0.2) is 9.50 Å². The van der Waals surface area contributed by atoms with Crippen LogP contribution >= 0.6 is 24.8 Å². The van der Waals surface area contributed by atoms with Gasteiger partial charge in [-0.3, -0.25) is 14.7 Å². The van der Waals surface area contributed by atoms with Gasteiger partial charge in [0, 0.05) is 36.1 Å². The molecule has 0 aromatic carbocycles. The first kappa shape index (κ1) is 19.5. The van der Waals surface area contributed by atoms with E-state index in [1.54, 1.807) is 4.52 Å². The molecule has 1 atom stereocenters. The second-order valence-electron chi connectivity index (χ2n) is 5.48. The van der Waals surface area contributed by atoms with E-state index in [0.717, 1.165) is 36.5 Å². The summed E-state index contributed by atoms with van der Waals surface area (Å²) in [6, 6.07) is 1.46. The van der Waals surface area contributed by atoms with E-state index in [0.29, 0.717) is 12.2 Å². The summed E-state index contributed by atoms with van der Waals surface area (Å²) in [6.07, 6.45) is 0.881. The molecule has 0 spiro atoms. The number of H-pyrrole nitrogens is 1. The SMILES string of the molecule is Cc1nc2cc(=O)[nH]n2c(C)c1CNC(=O)C1CCNC1.Cl.Cl. The second-order valence-corrected chi connectivity index (χ2v) is 5.48. The van der Waals surface area contributed by atoms with Crippen molar-refractivity contribution in [3.05, 3.63) is 33.4 Å². The van der Waals surface area contributed by atoms with Gasteiger partial charge in [0.2, 0.25) is 5.91 Å². The fraction of sp³-hybridized carbons (Fsp3) is 0.500. The maximum Gasteiger partial charge on any atom is 0.266 e. The van der Waals surface area contributed by atoms with Gasteiger partial charge in [0.15, 0.2) is 5.65 Å². The number of hydrogen-bond donors (Lipinski definition) is 3. The van der Waals surface area contributed by atoms with E-state index in [1.807, 2.05) is 13.8 Å². The van der Waals surface area contributed by atoms with Crippen LogP contribution in [0.25, 0.3) is 5.65 Å². The smallest absolute Gasteiger partial charge is 0.266 e. The molecule has 0 aliphatic carbocycles. The Morgan fingerprint density at radius 2 is 2.17 bits per heavy atom. The number of halogens is 2. The van der Waals surface area contributed by atoms with E-state index in [-0.39, 0.29) is 42.2 Å². The van der Waals surface area contributed by atoms with E-state index in [4.69, 9.17) is 0 Å². The van der Waals surface area contributed by atoms with E-state index < -0.39 is 0 Å². The third-order valence-electron chi connectivity index (χ3n) is 4.07. The molecule has 1 unspecified atom stereocenters. The van der Waals surface area contributed by atoms with Crippen molar-refractivity contribution < 1.29 is 4.79 Å². The zero-order valence-corrected chi connectivity index (χ0v) is 14.6. The number of aryl methyl sites for hydroxylation is 2. The van der Waals surface area contributed by atoms with Crippen LogP contribution in [-0.4, -0.2) is 33.6 Å². The minimum Gasteiger partial charge on any atom is -0.352 e. The van der Waals surface area contributed by atoms with Crippen molar-refractivity contribution in [3.8, 4) is 0 Å². The summed E-state index contributed by atoms with van der Waals surface area (Å²) in [6.45, 7) is 5.87. The molecule has 9 heteroatoms. The average Bonchev–Trinajstić information content (AvgIpc) is 3.07. The summed E-state index contributed by atoms with van der Waals surface area (Å²) in [7, 11) is 0. The lowest BCUT2D eigenvalue weighted by atomic mass is 10.1. The lowest BCUT2D eigenvalue weighted by Crippen LogP contribution is -2.32. The van der Waals surface area contributed by atoms with Crippen molar-refractivity contribution in [3.63, 3.8) is 0 Å². The van der Waals surface area contributed by atoms with Crippen molar-refractivity contribution in [2.75, 3.05) is 13.1 Å². The van der Waals surface area contributed by atoms with Crippen molar-refractivity contribution in [1.29, 1.82) is 0 Å². The van der Waals surface area contributed by atoms with Gasteiger partial charge in [-0.1, -0.05) is 0 Å². The summed E-state index contributed by atoms with van der Waals surface area (Å²) < 4.78 is 1.66. The second kappa shape index (κ2) is 7.81. The molecule has 0 radical (unpaired) electrons. The zero-order chi connectivity index (χ0) is 15.0. The Kier molecular flexibility index (Phi) is 6.61. The predicted octanol–water partition coefficient (Wildman–Crippen LogP) is 0.709. The number of nitrogens with zero attached hydrogens (tertiary/aromatic N) is 2. The number of rotatable bonds is 3. The molecule has 0 bridgehead atoms. The minimum atomic E-state index is -0.178. The van der Waals surface area contributed by atoms with E-state index in [1.165, 1.54) is 6.07 Å². The lowest BCUT2D eigenvalue weighted by molar-refractivity contribution is -0.124. The maximum absolute atomic E-state index is 12.1. The Hall–Kier alpha value is -1.57. The first-order valence-corrected chi connectivity index (χ1v) is 7.12. The summed E-state index contributed by atoms with van der Waals surface area (Å²) >= 11 is 0. The third kappa shape index (κ3) is 3.85. The predicted molar refractivity (Wildman–Crippen MR) is 92.6 cm³/mol. The molecular formula is C14H21Cl2N5O2. The number of hydrogen-bond acceptors (Lipinski definition) is 4.